The number of benzene rings is 1. The highest BCUT2D eigenvalue weighted by molar-refractivity contribution is 6.31. The molecule has 1 aromatic carbocycles. The van der Waals surface area contributed by atoms with Crippen molar-refractivity contribution in [3.05, 3.63) is 34.3 Å². The molecular formula is C11H12ClF3N2O. The molecule has 1 amide bonds. The fourth-order valence-electron chi connectivity index (χ4n) is 1.39. The van der Waals surface area contributed by atoms with Crippen molar-refractivity contribution in [1.82, 2.24) is 4.90 Å². The molecule has 100 valence electrons. The molecule has 2 N–H and O–H groups in total. The average Bonchev–Trinajstić information content (AvgIpc) is 2.27. The maximum absolute atomic E-state index is 12.6. The van der Waals surface area contributed by atoms with Crippen LogP contribution in [0.1, 0.15) is 15.9 Å². The van der Waals surface area contributed by atoms with Gasteiger partial charge < -0.3 is 10.6 Å². The van der Waals surface area contributed by atoms with Gasteiger partial charge in [-0.05, 0) is 18.2 Å². The van der Waals surface area contributed by atoms with Gasteiger partial charge >= 0.3 is 6.18 Å². The highest BCUT2D eigenvalue weighted by Gasteiger charge is 2.34. The molecule has 0 aliphatic rings. The SMILES string of the molecule is CN(CCN)C(=O)c1ccc(Cl)c(C(F)(F)F)c1. The number of halogens is 4. The number of carbonyl (C=O) groups excluding carboxylic acids is 1. The summed E-state index contributed by atoms with van der Waals surface area (Å²) in [5.41, 5.74) is 4.19. The van der Waals surface area contributed by atoms with Crippen LogP contribution in [0.15, 0.2) is 18.2 Å². The first-order valence-corrected chi connectivity index (χ1v) is 5.47. The van der Waals surface area contributed by atoms with Gasteiger partial charge in [0.15, 0.2) is 0 Å². The Labute approximate surface area is 107 Å². The summed E-state index contributed by atoms with van der Waals surface area (Å²) in [6.45, 7) is 0.505. The summed E-state index contributed by atoms with van der Waals surface area (Å²) in [6.07, 6.45) is -4.58. The molecule has 1 rings (SSSR count). The van der Waals surface area contributed by atoms with E-state index in [2.05, 4.69) is 0 Å². The first-order valence-electron chi connectivity index (χ1n) is 5.09. The Kier molecular flexibility index (Phi) is 4.59. The number of hydrogen-bond acceptors (Lipinski definition) is 2. The second kappa shape index (κ2) is 5.58. The largest absolute Gasteiger partial charge is 0.417 e. The number of hydrogen-bond donors (Lipinski definition) is 1. The van der Waals surface area contributed by atoms with Gasteiger partial charge in [0.1, 0.15) is 0 Å². The van der Waals surface area contributed by atoms with Crippen LogP contribution >= 0.6 is 11.6 Å². The number of rotatable bonds is 3. The van der Waals surface area contributed by atoms with E-state index in [9.17, 15) is 18.0 Å². The Morgan fingerprint density at radius 3 is 2.56 bits per heavy atom. The maximum atomic E-state index is 12.6. The lowest BCUT2D eigenvalue weighted by molar-refractivity contribution is -0.137. The van der Waals surface area contributed by atoms with E-state index in [0.29, 0.717) is 0 Å². The third-order valence-electron chi connectivity index (χ3n) is 2.33. The summed E-state index contributed by atoms with van der Waals surface area (Å²) >= 11 is 5.46. The molecule has 0 bridgehead atoms. The predicted molar refractivity (Wildman–Crippen MR) is 62.5 cm³/mol. The zero-order valence-electron chi connectivity index (χ0n) is 9.59. The molecule has 0 spiro atoms. The molecule has 0 heterocycles. The van der Waals surface area contributed by atoms with Crippen molar-refractivity contribution < 1.29 is 18.0 Å². The van der Waals surface area contributed by atoms with Crippen LogP contribution in [0.25, 0.3) is 0 Å². The molecule has 0 saturated carbocycles. The molecular weight excluding hydrogens is 269 g/mol. The zero-order chi connectivity index (χ0) is 13.9. The molecule has 18 heavy (non-hydrogen) atoms. The molecule has 0 saturated heterocycles. The van der Waals surface area contributed by atoms with E-state index < -0.39 is 22.7 Å². The minimum atomic E-state index is -4.58. The van der Waals surface area contributed by atoms with Crippen molar-refractivity contribution in [3.63, 3.8) is 0 Å². The molecule has 1 aromatic rings. The Hall–Kier alpha value is -1.27. The van der Waals surface area contributed by atoms with Gasteiger partial charge in [-0.15, -0.1) is 0 Å². The van der Waals surface area contributed by atoms with E-state index in [0.717, 1.165) is 12.1 Å². The number of nitrogens with two attached hydrogens (primary N) is 1. The number of amides is 1. The molecule has 0 radical (unpaired) electrons. The lowest BCUT2D eigenvalue weighted by Gasteiger charge is -2.17. The van der Waals surface area contributed by atoms with E-state index in [-0.39, 0.29) is 18.7 Å². The topological polar surface area (TPSA) is 46.3 Å². The number of likely N-dealkylation sites (N-methyl/N-ethyl adjacent to an activating group) is 1. The monoisotopic (exact) mass is 280 g/mol. The normalized spacial score (nSPS) is 11.4. The quantitative estimate of drug-likeness (QED) is 0.924. The zero-order valence-corrected chi connectivity index (χ0v) is 10.3. The van der Waals surface area contributed by atoms with Crippen LogP contribution in [-0.4, -0.2) is 30.9 Å². The lowest BCUT2D eigenvalue weighted by Crippen LogP contribution is -2.31. The van der Waals surface area contributed by atoms with Gasteiger partial charge in [0.05, 0.1) is 10.6 Å². The average molecular weight is 281 g/mol. The van der Waals surface area contributed by atoms with Gasteiger partial charge in [-0.2, -0.15) is 13.2 Å². The number of carbonyl (C=O) groups is 1. The first-order chi connectivity index (χ1) is 8.27. The number of alkyl halides is 3. The molecule has 0 aliphatic heterocycles. The molecule has 0 aromatic heterocycles. The van der Waals surface area contributed by atoms with Crippen molar-refractivity contribution in [3.8, 4) is 0 Å². The summed E-state index contributed by atoms with van der Waals surface area (Å²) in [5, 5.41) is -0.430. The standard InChI is InChI=1S/C11H12ClF3N2O/c1-17(5-4-16)10(18)7-2-3-9(12)8(6-7)11(13,14)15/h2-3,6H,4-5,16H2,1H3. The number of nitrogens with zero attached hydrogens (tertiary/aromatic N) is 1. The van der Waals surface area contributed by atoms with Crippen LogP contribution in [0, 0.1) is 0 Å². The minimum Gasteiger partial charge on any atom is -0.340 e. The summed E-state index contributed by atoms with van der Waals surface area (Å²) in [4.78, 5) is 13.0. The summed E-state index contributed by atoms with van der Waals surface area (Å²) in [7, 11) is 1.47. The van der Waals surface area contributed by atoms with E-state index in [1.165, 1.54) is 18.0 Å². The second-order valence-electron chi connectivity index (χ2n) is 3.71. The molecule has 0 atom stereocenters. The van der Waals surface area contributed by atoms with Gasteiger partial charge in [-0.1, -0.05) is 11.6 Å². The summed E-state index contributed by atoms with van der Waals surface area (Å²) in [6, 6.07) is 3.07. The van der Waals surface area contributed by atoms with E-state index in [1.54, 1.807) is 0 Å². The fourth-order valence-corrected chi connectivity index (χ4v) is 1.62. The molecule has 3 nitrogen and oxygen atoms in total. The Morgan fingerprint density at radius 2 is 2.06 bits per heavy atom. The third-order valence-corrected chi connectivity index (χ3v) is 2.66. The van der Waals surface area contributed by atoms with Crippen LogP contribution in [0.3, 0.4) is 0 Å². The van der Waals surface area contributed by atoms with Gasteiger partial charge in [-0.25, -0.2) is 0 Å². The Morgan fingerprint density at radius 1 is 1.44 bits per heavy atom. The molecule has 7 heteroatoms. The Bertz CT molecular complexity index is 448. The lowest BCUT2D eigenvalue weighted by atomic mass is 10.1. The van der Waals surface area contributed by atoms with Crippen LogP contribution in [0.2, 0.25) is 5.02 Å². The van der Waals surface area contributed by atoms with Crippen molar-refractivity contribution in [2.75, 3.05) is 20.1 Å². The Balaban J connectivity index is 3.09. The predicted octanol–water partition coefficient (Wildman–Crippen LogP) is 2.39. The molecule has 0 unspecified atom stereocenters. The van der Waals surface area contributed by atoms with Crippen molar-refractivity contribution >= 4 is 17.5 Å². The highest BCUT2D eigenvalue weighted by Crippen LogP contribution is 2.35. The smallest absolute Gasteiger partial charge is 0.340 e. The van der Waals surface area contributed by atoms with Crippen LogP contribution < -0.4 is 5.73 Å². The van der Waals surface area contributed by atoms with Gasteiger partial charge in [0, 0.05) is 25.7 Å². The van der Waals surface area contributed by atoms with Gasteiger partial charge in [-0.3, -0.25) is 4.79 Å². The van der Waals surface area contributed by atoms with Crippen LogP contribution in [0.5, 0.6) is 0 Å². The maximum Gasteiger partial charge on any atom is 0.417 e. The highest BCUT2D eigenvalue weighted by atomic mass is 35.5. The van der Waals surface area contributed by atoms with E-state index in [4.69, 9.17) is 17.3 Å². The fraction of sp³-hybridized carbons (Fsp3) is 0.364. The summed E-state index contributed by atoms with van der Waals surface area (Å²) in [5.74, 6) is -0.525. The van der Waals surface area contributed by atoms with Crippen molar-refractivity contribution in [2.45, 2.75) is 6.18 Å². The second-order valence-corrected chi connectivity index (χ2v) is 4.11. The molecule has 0 fully saturated rings. The van der Waals surface area contributed by atoms with Gasteiger partial charge in [0.2, 0.25) is 0 Å². The van der Waals surface area contributed by atoms with E-state index in [1.807, 2.05) is 0 Å². The van der Waals surface area contributed by atoms with E-state index >= 15 is 0 Å². The minimum absolute atomic E-state index is 0.0670. The van der Waals surface area contributed by atoms with Crippen LogP contribution in [-0.2, 0) is 6.18 Å². The van der Waals surface area contributed by atoms with Crippen LogP contribution in [0.4, 0.5) is 13.2 Å². The van der Waals surface area contributed by atoms with Crippen molar-refractivity contribution in [2.24, 2.45) is 5.73 Å². The first kappa shape index (κ1) is 14.8. The summed E-state index contributed by atoms with van der Waals surface area (Å²) < 4.78 is 37.8. The molecule has 0 aliphatic carbocycles. The third kappa shape index (κ3) is 3.36. The van der Waals surface area contributed by atoms with Crippen molar-refractivity contribution in [1.29, 1.82) is 0 Å². The van der Waals surface area contributed by atoms with Gasteiger partial charge in [0.25, 0.3) is 5.91 Å².